The molecule has 1 atom stereocenters. The number of carboxylic acid groups (broad SMARTS) is 1. The molecule has 0 radical (unpaired) electrons. The molecule has 122 valence electrons. The van der Waals surface area contributed by atoms with E-state index in [0.717, 1.165) is 12.5 Å². The summed E-state index contributed by atoms with van der Waals surface area (Å²) in [4.78, 5) is 24.4. The van der Waals surface area contributed by atoms with Gasteiger partial charge in [0.1, 0.15) is 5.82 Å². The molecule has 2 rings (SSSR count). The van der Waals surface area contributed by atoms with Crippen molar-refractivity contribution < 1.29 is 19.1 Å². The Morgan fingerprint density at radius 3 is 2.74 bits per heavy atom. The fourth-order valence-electron chi connectivity index (χ4n) is 2.09. The van der Waals surface area contributed by atoms with Crippen LogP contribution in [-0.2, 0) is 16.0 Å². The van der Waals surface area contributed by atoms with E-state index in [4.69, 9.17) is 11.6 Å². The van der Waals surface area contributed by atoms with Crippen molar-refractivity contribution in [3.05, 3.63) is 57.0 Å². The second-order valence-corrected chi connectivity index (χ2v) is 6.38. The molecule has 1 unspecified atom stereocenters. The lowest BCUT2D eigenvalue weighted by atomic mass is 10.1. The Bertz CT molecular complexity index is 691. The van der Waals surface area contributed by atoms with Crippen molar-refractivity contribution in [2.45, 2.75) is 25.3 Å². The molecule has 0 spiro atoms. The second-order valence-electron chi connectivity index (χ2n) is 4.95. The highest BCUT2D eigenvalue weighted by Crippen LogP contribution is 2.21. The monoisotopic (exact) mass is 355 g/mol. The van der Waals surface area contributed by atoms with Crippen LogP contribution < -0.4 is 5.32 Å². The smallest absolute Gasteiger partial charge is 0.330 e. The highest BCUT2D eigenvalue weighted by atomic mass is 35.5. The van der Waals surface area contributed by atoms with Crippen LogP contribution in [0.3, 0.4) is 0 Å². The molecule has 1 amide bonds. The molecule has 4 nitrogen and oxygen atoms in total. The number of halogens is 2. The zero-order valence-electron chi connectivity index (χ0n) is 12.1. The molecule has 0 saturated carbocycles. The topological polar surface area (TPSA) is 66.4 Å². The van der Waals surface area contributed by atoms with Crippen LogP contribution in [0.15, 0.2) is 35.7 Å². The summed E-state index contributed by atoms with van der Waals surface area (Å²) >= 11 is 7.19. The highest BCUT2D eigenvalue weighted by molar-refractivity contribution is 7.09. The van der Waals surface area contributed by atoms with Gasteiger partial charge in [-0.2, -0.15) is 0 Å². The minimum Gasteiger partial charge on any atom is -0.479 e. The number of aliphatic carboxylic acids is 1. The molecule has 0 aliphatic carbocycles. The molecule has 0 bridgehead atoms. The van der Waals surface area contributed by atoms with E-state index < -0.39 is 17.8 Å². The maximum atomic E-state index is 13.5. The number of thiophene rings is 1. The van der Waals surface area contributed by atoms with Gasteiger partial charge in [0.05, 0.1) is 5.02 Å². The molecule has 0 aliphatic rings. The number of carbonyl (C=O) groups is 2. The predicted molar refractivity (Wildman–Crippen MR) is 87.2 cm³/mol. The molecule has 2 aromatic rings. The van der Waals surface area contributed by atoms with Crippen LogP contribution in [0.1, 0.15) is 29.3 Å². The zero-order chi connectivity index (χ0) is 16.8. The number of aryl methyl sites for hydroxylation is 1. The third kappa shape index (κ3) is 5.04. The van der Waals surface area contributed by atoms with Crippen molar-refractivity contribution in [3.63, 3.8) is 0 Å². The molecule has 23 heavy (non-hydrogen) atoms. The summed E-state index contributed by atoms with van der Waals surface area (Å²) in [6.07, 6.45) is 1.59. The van der Waals surface area contributed by atoms with E-state index in [1.54, 1.807) is 11.3 Å². The number of carboxylic acids is 1. The number of carbonyl (C=O) groups excluding carboxylic acids is 1. The number of hydrogen-bond donors (Lipinski definition) is 2. The Morgan fingerprint density at radius 1 is 1.35 bits per heavy atom. The third-order valence-electron chi connectivity index (χ3n) is 3.24. The van der Waals surface area contributed by atoms with Gasteiger partial charge in [-0.1, -0.05) is 23.7 Å². The highest BCUT2D eigenvalue weighted by Gasteiger charge is 2.22. The normalized spacial score (nSPS) is 11.9. The van der Waals surface area contributed by atoms with Gasteiger partial charge in [0.2, 0.25) is 5.91 Å². The van der Waals surface area contributed by atoms with Gasteiger partial charge < -0.3 is 10.4 Å². The molecule has 0 saturated heterocycles. The van der Waals surface area contributed by atoms with Crippen LogP contribution in [0.5, 0.6) is 0 Å². The predicted octanol–water partition coefficient (Wildman–Crippen LogP) is 3.81. The molecule has 1 heterocycles. The molecule has 1 aromatic carbocycles. The van der Waals surface area contributed by atoms with Crippen LogP contribution in [0.4, 0.5) is 4.39 Å². The van der Waals surface area contributed by atoms with Gasteiger partial charge in [0, 0.05) is 11.3 Å². The Morgan fingerprint density at radius 2 is 2.13 bits per heavy atom. The van der Waals surface area contributed by atoms with E-state index in [2.05, 4.69) is 5.32 Å². The first kappa shape index (κ1) is 17.4. The van der Waals surface area contributed by atoms with Crippen LogP contribution in [0.2, 0.25) is 5.02 Å². The fourth-order valence-corrected chi connectivity index (χ4v) is 2.96. The van der Waals surface area contributed by atoms with Gasteiger partial charge in [-0.3, -0.25) is 4.79 Å². The van der Waals surface area contributed by atoms with Crippen molar-refractivity contribution >= 4 is 34.8 Å². The quantitative estimate of drug-likeness (QED) is 0.793. The van der Waals surface area contributed by atoms with Crippen LogP contribution in [-0.4, -0.2) is 17.0 Å². The Hall–Kier alpha value is -1.92. The lowest BCUT2D eigenvalue weighted by molar-refractivity contribution is -0.142. The molecule has 2 N–H and O–H groups in total. The average molecular weight is 356 g/mol. The fraction of sp³-hybridized carbons (Fsp3) is 0.250. The Balaban J connectivity index is 1.94. The number of benzene rings is 1. The van der Waals surface area contributed by atoms with Crippen molar-refractivity contribution in [1.29, 1.82) is 0 Å². The third-order valence-corrected chi connectivity index (χ3v) is 4.48. The number of rotatable bonds is 7. The lowest BCUT2D eigenvalue weighted by Gasteiger charge is -2.15. The molecular formula is C16H15ClFNO3S. The van der Waals surface area contributed by atoms with E-state index >= 15 is 0 Å². The summed E-state index contributed by atoms with van der Waals surface area (Å²) in [6, 6.07) is 6.30. The van der Waals surface area contributed by atoms with Gasteiger partial charge in [-0.05, 0) is 42.0 Å². The first-order valence-corrected chi connectivity index (χ1v) is 8.22. The van der Waals surface area contributed by atoms with Crippen LogP contribution >= 0.6 is 22.9 Å². The summed E-state index contributed by atoms with van der Waals surface area (Å²) < 4.78 is 13.5. The second kappa shape index (κ2) is 8.08. The lowest BCUT2D eigenvalue weighted by Crippen LogP contribution is -2.33. The summed E-state index contributed by atoms with van der Waals surface area (Å²) in [5.74, 6) is -2.36. The van der Waals surface area contributed by atoms with E-state index in [0.29, 0.717) is 6.42 Å². The minimum atomic E-state index is -1.30. The van der Waals surface area contributed by atoms with Gasteiger partial charge in [0.15, 0.2) is 6.04 Å². The molecule has 0 fully saturated rings. The summed E-state index contributed by atoms with van der Waals surface area (Å²) in [5.41, 5.74) is 0.144. The SMILES string of the molecule is O=C(CCCc1cccs1)NC(C(=O)O)c1ccc(Cl)c(F)c1. The van der Waals surface area contributed by atoms with Gasteiger partial charge in [0.25, 0.3) is 0 Å². The van der Waals surface area contributed by atoms with Gasteiger partial charge in [-0.25, -0.2) is 9.18 Å². The Kier molecular flexibility index (Phi) is 6.12. The van der Waals surface area contributed by atoms with Crippen molar-refractivity contribution in [2.75, 3.05) is 0 Å². The van der Waals surface area contributed by atoms with E-state index in [1.165, 1.54) is 17.0 Å². The maximum absolute atomic E-state index is 13.5. The van der Waals surface area contributed by atoms with Crippen LogP contribution in [0.25, 0.3) is 0 Å². The zero-order valence-corrected chi connectivity index (χ0v) is 13.7. The van der Waals surface area contributed by atoms with Crippen LogP contribution in [0, 0.1) is 5.82 Å². The van der Waals surface area contributed by atoms with E-state index in [1.807, 2.05) is 17.5 Å². The van der Waals surface area contributed by atoms with E-state index in [9.17, 15) is 19.1 Å². The molecule has 0 aliphatic heterocycles. The van der Waals surface area contributed by atoms with Gasteiger partial charge in [-0.15, -0.1) is 11.3 Å². The summed E-state index contributed by atoms with van der Waals surface area (Å²) in [7, 11) is 0. The largest absolute Gasteiger partial charge is 0.479 e. The molecule has 7 heteroatoms. The first-order valence-electron chi connectivity index (χ1n) is 6.97. The van der Waals surface area contributed by atoms with Gasteiger partial charge >= 0.3 is 5.97 Å². The standard InChI is InChI=1S/C16H15ClFNO3S/c17-12-7-6-10(9-13(12)18)15(16(21)22)19-14(20)5-1-3-11-4-2-8-23-11/h2,4,6-9,15H,1,3,5H2,(H,19,20)(H,21,22). The number of hydrogen-bond acceptors (Lipinski definition) is 3. The molecule has 1 aromatic heterocycles. The summed E-state index contributed by atoms with van der Waals surface area (Å²) in [5, 5.41) is 13.5. The average Bonchev–Trinajstić information content (AvgIpc) is 3.01. The number of amides is 1. The number of nitrogens with one attached hydrogen (secondary N) is 1. The maximum Gasteiger partial charge on any atom is 0.330 e. The van der Waals surface area contributed by atoms with Crippen molar-refractivity contribution in [3.8, 4) is 0 Å². The van der Waals surface area contributed by atoms with E-state index in [-0.39, 0.29) is 22.9 Å². The van der Waals surface area contributed by atoms with Crippen molar-refractivity contribution in [2.24, 2.45) is 0 Å². The first-order chi connectivity index (χ1) is 11.0. The summed E-state index contributed by atoms with van der Waals surface area (Å²) in [6.45, 7) is 0. The Labute approximate surface area is 141 Å². The molecular weight excluding hydrogens is 341 g/mol. The van der Waals surface area contributed by atoms with Crippen molar-refractivity contribution in [1.82, 2.24) is 5.32 Å². The minimum absolute atomic E-state index is 0.0971.